The van der Waals surface area contributed by atoms with Crippen LogP contribution < -0.4 is 5.32 Å². The molecule has 0 spiro atoms. The summed E-state index contributed by atoms with van der Waals surface area (Å²) in [5.41, 5.74) is 0. The number of urea groups is 1. The van der Waals surface area contributed by atoms with E-state index in [1.165, 1.54) is 0 Å². The average Bonchev–Trinajstić information content (AvgIpc) is 3.12. The molecule has 3 rings (SSSR count). The molecule has 3 heterocycles. The van der Waals surface area contributed by atoms with E-state index >= 15 is 0 Å². The third-order valence-electron chi connectivity index (χ3n) is 4.78. The van der Waals surface area contributed by atoms with Gasteiger partial charge in [0.05, 0.1) is 24.7 Å². The number of rotatable bonds is 3. The molecule has 2 aliphatic rings. The van der Waals surface area contributed by atoms with E-state index in [4.69, 9.17) is 4.74 Å². The highest BCUT2D eigenvalue weighted by Crippen LogP contribution is 2.21. The summed E-state index contributed by atoms with van der Waals surface area (Å²) in [7, 11) is 0. The molecule has 3 atom stereocenters. The molecule has 0 aromatic carbocycles. The van der Waals surface area contributed by atoms with Gasteiger partial charge in [-0.2, -0.15) is 0 Å². The fourth-order valence-electron chi connectivity index (χ4n) is 3.67. The Hall–Kier alpha value is -1.60. The van der Waals surface area contributed by atoms with E-state index in [0.717, 1.165) is 24.3 Å². The Balaban J connectivity index is 1.53. The first-order valence-electron chi connectivity index (χ1n) is 9.02. The van der Waals surface area contributed by atoms with E-state index in [9.17, 15) is 9.59 Å². The van der Waals surface area contributed by atoms with Gasteiger partial charge in [-0.25, -0.2) is 4.79 Å². The average molecular weight is 365 g/mol. The Morgan fingerprint density at radius 1 is 1.24 bits per heavy atom. The van der Waals surface area contributed by atoms with E-state index in [-0.39, 0.29) is 30.1 Å². The lowest BCUT2D eigenvalue weighted by Gasteiger charge is -2.39. The van der Waals surface area contributed by atoms with Crippen molar-refractivity contribution in [3.05, 3.63) is 22.4 Å². The minimum absolute atomic E-state index is 0.0708. The molecule has 138 valence electrons. The monoisotopic (exact) mass is 365 g/mol. The number of ether oxygens (including phenoxy) is 1. The molecule has 25 heavy (non-hydrogen) atoms. The van der Waals surface area contributed by atoms with Gasteiger partial charge in [0.2, 0.25) is 5.91 Å². The second-order valence-electron chi connectivity index (χ2n) is 7.02. The highest BCUT2D eigenvalue weighted by Gasteiger charge is 2.34. The van der Waals surface area contributed by atoms with E-state index in [2.05, 4.69) is 5.32 Å². The van der Waals surface area contributed by atoms with Gasteiger partial charge in [0.25, 0.3) is 0 Å². The molecule has 7 heteroatoms. The predicted molar refractivity (Wildman–Crippen MR) is 97.4 cm³/mol. The normalized spacial score (nSPS) is 27.2. The molecule has 0 radical (unpaired) electrons. The summed E-state index contributed by atoms with van der Waals surface area (Å²) >= 11 is 1.63. The second kappa shape index (κ2) is 8.19. The molecule has 1 aromatic rings. The summed E-state index contributed by atoms with van der Waals surface area (Å²) in [5, 5.41) is 4.96. The number of thiophene rings is 1. The zero-order valence-electron chi connectivity index (χ0n) is 14.9. The summed E-state index contributed by atoms with van der Waals surface area (Å²) < 4.78 is 5.71. The maximum absolute atomic E-state index is 12.9. The fraction of sp³-hybridized carbons (Fsp3) is 0.667. The lowest BCUT2D eigenvalue weighted by Crippen LogP contribution is -2.53. The van der Waals surface area contributed by atoms with Crippen LogP contribution >= 0.6 is 11.3 Å². The van der Waals surface area contributed by atoms with Crippen LogP contribution in [0.5, 0.6) is 0 Å². The summed E-state index contributed by atoms with van der Waals surface area (Å²) in [6.07, 6.45) is 1.87. The number of carbonyl (C=O) groups is 2. The zero-order chi connectivity index (χ0) is 17.8. The van der Waals surface area contributed by atoms with Gasteiger partial charge in [0.15, 0.2) is 0 Å². The van der Waals surface area contributed by atoms with Crippen LogP contribution in [0.1, 0.15) is 31.6 Å². The van der Waals surface area contributed by atoms with Crippen molar-refractivity contribution in [3.63, 3.8) is 0 Å². The molecule has 2 aliphatic heterocycles. The first-order chi connectivity index (χ1) is 12.0. The number of likely N-dealkylation sites (tertiary alicyclic amines) is 1. The topological polar surface area (TPSA) is 61.9 Å². The minimum atomic E-state index is -0.0984. The predicted octanol–water partition coefficient (Wildman–Crippen LogP) is 2.31. The minimum Gasteiger partial charge on any atom is -0.372 e. The van der Waals surface area contributed by atoms with Crippen molar-refractivity contribution in [2.24, 2.45) is 5.92 Å². The summed E-state index contributed by atoms with van der Waals surface area (Å²) in [4.78, 5) is 30.1. The summed E-state index contributed by atoms with van der Waals surface area (Å²) in [5.74, 6) is 0.0662. The van der Waals surface area contributed by atoms with Crippen LogP contribution in [0.3, 0.4) is 0 Å². The van der Waals surface area contributed by atoms with Gasteiger partial charge >= 0.3 is 6.03 Å². The van der Waals surface area contributed by atoms with E-state index in [1.54, 1.807) is 16.2 Å². The van der Waals surface area contributed by atoms with Crippen LogP contribution in [-0.4, -0.2) is 60.1 Å². The van der Waals surface area contributed by atoms with Gasteiger partial charge in [-0.1, -0.05) is 6.07 Å². The third kappa shape index (κ3) is 4.73. The maximum atomic E-state index is 12.9. The number of hydrogen-bond acceptors (Lipinski definition) is 4. The van der Waals surface area contributed by atoms with Crippen LogP contribution in [0.4, 0.5) is 4.79 Å². The third-order valence-corrected chi connectivity index (χ3v) is 5.66. The van der Waals surface area contributed by atoms with Gasteiger partial charge in [-0.15, -0.1) is 11.3 Å². The van der Waals surface area contributed by atoms with Gasteiger partial charge < -0.3 is 19.9 Å². The van der Waals surface area contributed by atoms with Crippen LogP contribution in [-0.2, 0) is 16.1 Å². The van der Waals surface area contributed by atoms with Crippen molar-refractivity contribution in [2.45, 2.75) is 45.4 Å². The van der Waals surface area contributed by atoms with Gasteiger partial charge in [-0.05, 0) is 38.1 Å². The highest BCUT2D eigenvalue weighted by atomic mass is 32.1. The van der Waals surface area contributed by atoms with Crippen molar-refractivity contribution in [1.82, 2.24) is 15.1 Å². The zero-order valence-corrected chi connectivity index (χ0v) is 15.8. The molecule has 1 N–H and O–H groups in total. The first kappa shape index (κ1) is 18.2. The summed E-state index contributed by atoms with van der Waals surface area (Å²) in [6, 6.07) is 3.91. The Morgan fingerprint density at radius 3 is 2.68 bits per heavy atom. The van der Waals surface area contributed by atoms with E-state index in [0.29, 0.717) is 26.2 Å². The van der Waals surface area contributed by atoms with Crippen molar-refractivity contribution < 1.29 is 14.3 Å². The molecule has 3 amide bonds. The van der Waals surface area contributed by atoms with Gasteiger partial charge in [0.1, 0.15) is 0 Å². The fourth-order valence-corrected chi connectivity index (χ4v) is 4.31. The van der Waals surface area contributed by atoms with Crippen LogP contribution in [0, 0.1) is 5.92 Å². The summed E-state index contributed by atoms with van der Waals surface area (Å²) in [6.45, 7) is 7.06. The molecule has 2 saturated heterocycles. The molecular weight excluding hydrogens is 338 g/mol. The highest BCUT2D eigenvalue weighted by molar-refractivity contribution is 7.09. The quantitative estimate of drug-likeness (QED) is 0.894. The van der Waals surface area contributed by atoms with Crippen molar-refractivity contribution >= 4 is 23.3 Å². The second-order valence-corrected chi connectivity index (χ2v) is 8.06. The Morgan fingerprint density at radius 2 is 2.00 bits per heavy atom. The van der Waals surface area contributed by atoms with Crippen molar-refractivity contribution in [1.29, 1.82) is 0 Å². The number of nitrogens with one attached hydrogen (secondary N) is 1. The Kier molecular flexibility index (Phi) is 5.96. The molecule has 0 aliphatic carbocycles. The van der Waals surface area contributed by atoms with E-state index in [1.807, 2.05) is 36.3 Å². The molecule has 3 unspecified atom stereocenters. The Bertz CT molecular complexity index is 582. The number of carbonyl (C=O) groups excluding carboxylic acids is 2. The molecule has 2 fully saturated rings. The smallest absolute Gasteiger partial charge is 0.317 e. The standard InChI is InChI=1S/C18H27N3O3S/c1-13-10-21(11-14(2)24-13)17(22)15-5-3-7-20(12-15)18(23)19-9-16-6-4-8-25-16/h4,6,8,13-15H,3,5,7,9-12H2,1-2H3,(H,19,23). The number of nitrogens with zero attached hydrogens (tertiary/aromatic N) is 2. The number of piperidine rings is 1. The largest absolute Gasteiger partial charge is 0.372 e. The van der Waals surface area contributed by atoms with Crippen LogP contribution in [0.2, 0.25) is 0 Å². The number of hydrogen-bond donors (Lipinski definition) is 1. The van der Waals surface area contributed by atoms with Crippen LogP contribution in [0.25, 0.3) is 0 Å². The van der Waals surface area contributed by atoms with E-state index < -0.39 is 0 Å². The molecule has 1 aromatic heterocycles. The van der Waals surface area contributed by atoms with Gasteiger partial charge in [0, 0.05) is 31.1 Å². The first-order valence-corrected chi connectivity index (χ1v) is 9.90. The molecule has 0 bridgehead atoms. The molecular formula is C18H27N3O3S. The van der Waals surface area contributed by atoms with Gasteiger partial charge in [-0.3, -0.25) is 4.79 Å². The van der Waals surface area contributed by atoms with Crippen LogP contribution in [0.15, 0.2) is 17.5 Å². The number of morpholine rings is 1. The van der Waals surface area contributed by atoms with Crippen molar-refractivity contribution in [3.8, 4) is 0 Å². The van der Waals surface area contributed by atoms with Crippen molar-refractivity contribution in [2.75, 3.05) is 26.2 Å². The number of amides is 3. The SMILES string of the molecule is CC1CN(C(=O)C2CCCN(C(=O)NCc3cccs3)C2)CC(C)O1. The lowest BCUT2D eigenvalue weighted by atomic mass is 9.96. The Labute approximate surface area is 153 Å². The molecule has 6 nitrogen and oxygen atoms in total. The maximum Gasteiger partial charge on any atom is 0.317 e. The molecule has 0 saturated carbocycles. The lowest BCUT2D eigenvalue weighted by molar-refractivity contribution is -0.148.